The first-order valence-electron chi connectivity index (χ1n) is 8.36. The van der Waals surface area contributed by atoms with Gasteiger partial charge in [-0.25, -0.2) is 14.5 Å². The normalized spacial score (nSPS) is 10.6. The standard InChI is InChI=1S/C20H22N4O2/c1-15-4-6-16(7-5-15)11-23(2)19-9-17(12-24-14-21-13-22-24)8-18(10-19)20(25)26-3/h4-10,13-14H,11-12H2,1-3H3. The number of carbonyl (C=O) groups is 1. The van der Waals surface area contributed by atoms with Crippen LogP contribution in [0.3, 0.4) is 0 Å². The van der Waals surface area contributed by atoms with Gasteiger partial charge in [-0.15, -0.1) is 0 Å². The van der Waals surface area contributed by atoms with E-state index in [1.165, 1.54) is 24.6 Å². The first-order valence-corrected chi connectivity index (χ1v) is 8.36. The number of carbonyl (C=O) groups excluding carboxylic acids is 1. The second kappa shape index (κ2) is 7.82. The molecule has 2 aromatic carbocycles. The highest BCUT2D eigenvalue weighted by molar-refractivity contribution is 5.90. The molecule has 0 unspecified atom stereocenters. The second-order valence-electron chi connectivity index (χ2n) is 6.31. The Labute approximate surface area is 153 Å². The van der Waals surface area contributed by atoms with E-state index in [0.717, 1.165) is 17.8 Å². The average molecular weight is 350 g/mol. The van der Waals surface area contributed by atoms with Crippen LogP contribution in [0.25, 0.3) is 0 Å². The molecule has 134 valence electrons. The fourth-order valence-corrected chi connectivity index (χ4v) is 2.78. The number of benzene rings is 2. The molecule has 0 fully saturated rings. The van der Waals surface area contributed by atoms with Gasteiger partial charge in [0.1, 0.15) is 12.7 Å². The van der Waals surface area contributed by atoms with Crippen LogP contribution in [0.5, 0.6) is 0 Å². The molecule has 1 aromatic heterocycles. The number of ether oxygens (including phenoxy) is 1. The van der Waals surface area contributed by atoms with E-state index in [-0.39, 0.29) is 5.97 Å². The summed E-state index contributed by atoms with van der Waals surface area (Å²) in [6, 6.07) is 14.2. The quantitative estimate of drug-likeness (QED) is 0.640. The molecule has 0 aliphatic heterocycles. The SMILES string of the molecule is COC(=O)c1cc(Cn2cncn2)cc(N(C)Cc2ccc(C)cc2)c1. The van der Waals surface area contributed by atoms with Gasteiger partial charge < -0.3 is 9.64 Å². The van der Waals surface area contributed by atoms with E-state index in [1.807, 2.05) is 19.2 Å². The highest BCUT2D eigenvalue weighted by Gasteiger charge is 2.12. The summed E-state index contributed by atoms with van der Waals surface area (Å²) < 4.78 is 6.62. The maximum Gasteiger partial charge on any atom is 0.337 e. The smallest absolute Gasteiger partial charge is 0.337 e. The van der Waals surface area contributed by atoms with Crippen molar-refractivity contribution in [1.82, 2.24) is 14.8 Å². The summed E-state index contributed by atoms with van der Waals surface area (Å²) in [5.74, 6) is -0.351. The molecule has 3 rings (SSSR count). The van der Waals surface area contributed by atoms with Crippen molar-refractivity contribution in [3.63, 3.8) is 0 Å². The molecule has 0 radical (unpaired) electrons. The Balaban J connectivity index is 1.88. The molecule has 6 heteroatoms. The third kappa shape index (κ3) is 4.27. The van der Waals surface area contributed by atoms with Gasteiger partial charge in [0, 0.05) is 19.3 Å². The predicted molar refractivity (Wildman–Crippen MR) is 100 cm³/mol. The van der Waals surface area contributed by atoms with Gasteiger partial charge in [-0.2, -0.15) is 5.10 Å². The van der Waals surface area contributed by atoms with Gasteiger partial charge in [0.2, 0.25) is 0 Å². The fourth-order valence-electron chi connectivity index (χ4n) is 2.78. The lowest BCUT2D eigenvalue weighted by atomic mass is 10.1. The Bertz CT molecular complexity index is 873. The van der Waals surface area contributed by atoms with Gasteiger partial charge in [0.15, 0.2) is 0 Å². The van der Waals surface area contributed by atoms with Gasteiger partial charge in [-0.1, -0.05) is 29.8 Å². The highest BCUT2D eigenvalue weighted by Crippen LogP contribution is 2.22. The van der Waals surface area contributed by atoms with E-state index in [0.29, 0.717) is 12.1 Å². The molecular weight excluding hydrogens is 328 g/mol. The summed E-state index contributed by atoms with van der Waals surface area (Å²) in [5.41, 5.74) is 4.88. The third-order valence-corrected chi connectivity index (χ3v) is 4.19. The first-order chi connectivity index (χ1) is 12.5. The minimum Gasteiger partial charge on any atom is -0.465 e. The predicted octanol–water partition coefficient (Wildman–Crippen LogP) is 3.06. The molecule has 0 amide bonds. The molecule has 0 aliphatic carbocycles. The summed E-state index contributed by atoms with van der Waals surface area (Å²) in [7, 11) is 3.40. The number of hydrogen-bond donors (Lipinski definition) is 0. The van der Waals surface area contributed by atoms with Crippen molar-refractivity contribution in [2.24, 2.45) is 0 Å². The summed E-state index contributed by atoms with van der Waals surface area (Å²) >= 11 is 0. The van der Waals surface area contributed by atoms with Crippen LogP contribution in [0.15, 0.2) is 55.1 Å². The van der Waals surface area contributed by atoms with E-state index >= 15 is 0 Å². The number of methoxy groups -OCH3 is 1. The molecule has 0 atom stereocenters. The van der Waals surface area contributed by atoms with Crippen LogP contribution in [0.2, 0.25) is 0 Å². The zero-order valence-electron chi connectivity index (χ0n) is 15.2. The molecule has 26 heavy (non-hydrogen) atoms. The van der Waals surface area contributed by atoms with Crippen LogP contribution in [0, 0.1) is 6.92 Å². The monoisotopic (exact) mass is 350 g/mol. The number of aryl methyl sites for hydroxylation is 1. The van der Waals surface area contributed by atoms with Crippen LogP contribution in [-0.4, -0.2) is 34.9 Å². The lowest BCUT2D eigenvalue weighted by Gasteiger charge is -2.21. The average Bonchev–Trinajstić information content (AvgIpc) is 3.15. The van der Waals surface area contributed by atoms with Crippen LogP contribution in [-0.2, 0) is 17.8 Å². The zero-order chi connectivity index (χ0) is 18.5. The molecular formula is C20H22N4O2. The van der Waals surface area contributed by atoms with Gasteiger partial charge in [-0.3, -0.25) is 0 Å². The van der Waals surface area contributed by atoms with Crippen molar-refractivity contribution in [3.8, 4) is 0 Å². The third-order valence-electron chi connectivity index (χ3n) is 4.19. The molecule has 0 aliphatic rings. The van der Waals surface area contributed by atoms with Crippen LogP contribution >= 0.6 is 0 Å². The largest absolute Gasteiger partial charge is 0.465 e. The van der Waals surface area contributed by atoms with Gasteiger partial charge in [0.05, 0.1) is 19.2 Å². The fraction of sp³-hybridized carbons (Fsp3) is 0.250. The zero-order valence-corrected chi connectivity index (χ0v) is 15.2. The molecule has 1 heterocycles. The van der Waals surface area contributed by atoms with Crippen molar-refractivity contribution in [2.45, 2.75) is 20.0 Å². The minimum absolute atomic E-state index is 0.351. The van der Waals surface area contributed by atoms with E-state index in [2.05, 4.69) is 52.2 Å². The molecule has 0 spiro atoms. The summed E-state index contributed by atoms with van der Waals surface area (Å²) in [6.45, 7) is 3.35. The molecule has 0 N–H and O–H groups in total. The number of anilines is 1. The Morgan fingerprint density at radius 1 is 1.15 bits per heavy atom. The summed E-state index contributed by atoms with van der Waals surface area (Å²) in [6.07, 6.45) is 3.15. The van der Waals surface area contributed by atoms with Crippen molar-refractivity contribution < 1.29 is 9.53 Å². The highest BCUT2D eigenvalue weighted by atomic mass is 16.5. The number of aromatic nitrogens is 3. The van der Waals surface area contributed by atoms with E-state index in [4.69, 9.17) is 4.74 Å². The molecule has 0 saturated carbocycles. The van der Waals surface area contributed by atoms with Crippen molar-refractivity contribution in [1.29, 1.82) is 0 Å². The maximum atomic E-state index is 12.1. The lowest BCUT2D eigenvalue weighted by molar-refractivity contribution is 0.0600. The number of hydrogen-bond acceptors (Lipinski definition) is 5. The Hall–Kier alpha value is -3.15. The minimum atomic E-state index is -0.351. The number of esters is 1. The van der Waals surface area contributed by atoms with Crippen LogP contribution in [0.4, 0.5) is 5.69 Å². The Morgan fingerprint density at radius 3 is 2.58 bits per heavy atom. The van der Waals surface area contributed by atoms with Gasteiger partial charge in [0.25, 0.3) is 0 Å². The van der Waals surface area contributed by atoms with E-state index in [9.17, 15) is 4.79 Å². The Kier molecular flexibility index (Phi) is 5.31. The molecule has 0 bridgehead atoms. The lowest BCUT2D eigenvalue weighted by Crippen LogP contribution is -2.18. The summed E-state index contributed by atoms with van der Waals surface area (Å²) in [4.78, 5) is 18.1. The molecule has 0 saturated heterocycles. The van der Waals surface area contributed by atoms with Gasteiger partial charge in [-0.05, 0) is 36.2 Å². The van der Waals surface area contributed by atoms with Gasteiger partial charge >= 0.3 is 5.97 Å². The van der Waals surface area contributed by atoms with Crippen molar-refractivity contribution in [2.75, 3.05) is 19.1 Å². The number of nitrogens with zero attached hydrogens (tertiary/aromatic N) is 4. The second-order valence-corrected chi connectivity index (χ2v) is 6.31. The van der Waals surface area contributed by atoms with Crippen LogP contribution < -0.4 is 4.90 Å². The van der Waals surface area contributed by atoms with E-state index in [1.54, 1.807) is 11.0 Å². The summed E-state index contributed by atoms with van der Waals surface area (Å²) in [5, 5.41) is 4.13. The number of rotatable bonds is 6. The maximum absolute atomic E-state index is 12.1. The molecule has 6 nitrogen and oxygen atoms in total. The first kappa shape index (κ1) is 17.7. The molecule has 3 aromatic rings. The van der Waals surface area contributed by atoms with E-state index < -0.39 is 0 Å². The van der Waals surface area contributed by atoms with Crippen LogP contribution in [0.1, 0.15) is 27.0 Å². The van der Waals surface area contributed by atoms with Crippen molar-refractivity contribution in [3.05, 3.63) is 77.4 Å². The Morgan fingerprint density at radius 2 is 1.92 bits per heavy atom. The topological polar surface area (TPSA) is 60.3 Å². The van der Waals surface area contributed by atoms with Crippen molar-refractivity contribution >= 4 is 11.7 Å².